The van der Waals surface area contributed by atoms with E-state index in [-0.39, 0.29) is 0 Å². The number of hydrogen-bond donors (Lipinski definition) is 0. The molecule has 0 atom stereocenters. The van der Waals surface area contributed by atoms with Crippen LogP contribution in [0.15, 0.2) is 24.8 Å². The van der Waals surface area contributed by atoms with Gasteiger partial charge in [0, 0.05) is 30.7 Å². The third-order valence-corrected chi connectivity index (χ3v) is 6.10. The van der Waals surface area contributed by atoms with Gasteiger partial charge in [-0.3, -0.25) is 0 Å². The van der Waals surface area contributed by atoms with E-state index >= 15 is 0 Å². The van der Waals surface area contributed by atoms with Crippen molar-refractivity contribution in [3.63, 3.8) is 0 Å². The molecule has 2 heterocycles. The molecule has 152 valence electrons. The van der Waals surface area contributed by atoms with Crippen LogP contribution in [0.5, 0.6) is 0 Å². The van der Waals surface area contributed by atoms with Crippen LogP contribution in [-0.2, 0) is 6.42 Å². The summed E-state index contributed by atoms with van der Waals surface area (Å²) in [6, 6.07) is 0. The number of aryl methyl sites for hydroxylation is 1. The molecule has 2 aromatic rings. The lowest BCUT2D eigenvalue weighted by atomic mass is 9.79. The number of unbranched alkanes of at least 4 members (excludes halogenated alkanes) is 4. The summed E-state index contributed by atoms with van der Waals surface area (Å²) in [6.45, 7) is 4.45. The van der Waals surface area contributed by atoms with Crippen LogP contribution in [0.25, 0.3) is 11.4 Å². The molecule has 0 spiro atoms. The fourth-order valence-electron chi connectivity index (χ4n) is 4.33. The second-order valence-corrected chi connectivity index (χ2v) is 8.42. The molecule has 0 unspecified atom stereocenters. The van der Waals surface area contributed by atoms with Crippen LogP contribution in [0, 0.1) is 5.92 Å². The lowest BCUT2D eigenvalue weighted by Gasteiger charge is -2.27. The molecule has 1 saturated carbocycles. The first-order valence-electron chi connectivity index (χ1n) is 11.4. The van der Waals surface area contributed by atoms with Crippen molar-refractivity contribution >= 4 is 0 Å². The number of rotatable bonds is 10. The van der Waals surface area contributed by atoms with E-state index in [0.29, 0.717) is 5.92 Å². The summed E-state index contributed by atoms with van der Waals surface area (Å²) in [5.74, 6) is 3.18. The zero-order valence-corrected chi connectivity index (χ0v) is 17.7. The van der Waals surface area contributed by atoms with Crippen LogP contribution in [-0.4, -0.2) is 19.9 Å². The molecule has 4 nitrogen and oxygen atoms in total. The van der Waals surface area contributed by atoms with Crippen molar-refractivity contribution in [2.24, 2.45) is 5.92 Å². The topological polar surface area (TPSA) is 51.6 Å². The molecule has 0 bridgehead atoms. The summed E-state index contributed by atoms with van der Waals surface area (Å²) in [5, 5.41) is 0. The van der Waals surface area contributed by atoms with Crippen molar-refractivity contribution in [1.29, 1.82) is 0 Å². The second kappa shape index (κ2) is 11.2. The van der Waals surface area contributed by atoms with Crippen LogP contribution >= 0.6 is 0 Å². The zero-order valence-electron chi connectivity index (χ0n) is 17.7. The number of aromatic nitrogens is 4. The first-order chi connectivity index (χ1) is 13.8. The minimum Gasteiger partial charge on any atom is -0.240 e. The van der Waals surface area contributed by atoms with E-state index in [4.69, 9.17) is 0 Å². The van der Waals surface area contributed by atoms with Crippen molar-refractivity contribution in [3.05, 3.63) is 36.2 Å². The summed E-state index contributed by atoms with van der Waals surface area (Å²) in [4.78, 5) is 18.3. The van der Waals surface area contributed by atoms with Crippen LogP contribution in [0.2, 0.25) is 0 Å². The van der Waals surface area contributed by atoms with Crippen LogP contribution in [0.3, 0.4) is 0 Å². The Hall–Kier alpha value is -1.84. The zero-order chi connectivity index (χ0) is 19.6. The van der Waals surface area contributed by atoms with Crippen molar-refractivity contribution in [3.8, 4) is 11.4 Å². The number of nitrogens with zero attached hydrogens (tertiary/aromatic N) is 4. The molecular weight excluding hydrogens is 344 g/mol. The van der Waals surface area contributed by atoms with E-state index in [2.05, 4.69) is 33.8 Å². The van der Waals surface area contributed by atoms with Crippen molar-refractivity contribution in [2.75, 3.05) is 0 Å². The predicted molar refractivity (Wildman–Crippen MR) is 115 cm³/mol. The van der Waals surface area contributed by atoms with Crippen LogP contribution in [0.1, 0.15) is 102 Å². The first kappa shape index (κ1) is 20.9. The maximum absolute atomic E-state index is 4.67. The molecule has 0 aromatic carbocycles. The Bertz CT molecular complexity index is 673. The van der Waals surface area contributed by atoms with Gasteiger partial charge in [0.25, 0.3) is 0 Å². The lowest BCUT2D eigenvalue weighted by Crippen LogP contribution is -2.15. The van der Waals surface area contributed by atoms with Gasteiger partial charge in [-0.15, -0.1) is 0 Å². The average Bonchev–Trinajstić information content (AvgIpc) is 2.75. The molecule has 1 aliphatic carbocycles. The smallest absolute Gasteiger partial charge is 0.162 e. The Labute approximate surface area is 170 Å². The summed E-state index contributed by atoms with van der Waals surface area (Å²) in [6.07, 6.45) is 23.3. The van der Waals surface area contributed by atoms with Gasteiger partial charge < -0.3 is 0 Å². The molecule has 3 rings (SSSR count). The minimum absolute atomic E-state index is 0.526. The Morgan fingerprint density at radius 3 is 2.07 bits per heavy atom. The van der Waals surface area contributed by atoms with Gasteiger partial charge in [0.05, 0.1) is 5.56 Å². The molecule has 0 amide bonds. The van der Waals surface area contributed by atoms with Gasteiger partial charge in [0.2, 0.25) is 0 Å². The molecule has 1 aliphatic rings. The van der Waals surface area contributed by atoms with E-state index < -0.39 is 0 Å². The maximum Gasteiger partial charge on any atom is 0.162 e. The van der Waals surface area contributed by atoms with Crippen molar-refractivity contribution in [2.45, 2.75) is 96.8 Å². The van der Waals surface area contributed by atoms with Gasteiger partial charge in [-0.2, -0.15) is 0 Å². The lowest BCUT2D eigenvalue weighted by molar-refractivity contribution is 0.296. The van der Waals surface area contributed by atoms with E-state index in [1.54, 1.807) is 0 Å². The van der Waals surface area contributed by atoms with E-state index in [0.717, 1.165) is 36.0 Å². The quantitative estimate of drug-likeness (QED) is 0.440. The minimum atomic E-state index is 0.526. The van der Waals surface area contributed by atoms with E-state index in [1.807, 2.05) is 24.8 Å². The highest BCUT2D eigenvalue weighted by atomic mass is 14.9. The first-order valence-corrected chi connectivity index (χ1v) is 11.4. The Kier molecular flexibility index (Phi) is 8.38. The normalized spacial score (nSPS) is 19.6. The Morgan fingerprint density at radius 2 is 1.43 bits per heavy atom. The van der Waals surface area contributed by atoms with Crippen LogP contribution in [0.4, 0.5) is 0 Å². The predicted octanol–water partition coefficient (Wildman–Crippen LogP) is 6.52. The fourth-order valence-corrected chi connectivity index (χ4v) is 4.33. The molecular formula is C24H36N4. The van der Waals surface area contributed by atoms with Crippen molar-refractivity contribution < 1.29 is 0 Å². The third-order valence-electron chi connectivity index (χ3n) is 6.10. The van der Waals surface area contributed by atoms with Crippen LogP contribution < -0.4 is 0 Å². The maximum atomic E-state index is 4.67. The van der Waals surface area contributed by atoms with E-state index in [1.165, 1.54) is 69.8 Å². The molecule has 0 saturated heterocycles. The number of hydrogen-bond acceptors (Lipinski definition) is 4. The second-order valence-electron chi connectivity index (χ2n) is 8.42. The van der Waals surface area contributed by atoms with Gasteiger partial charge in [-0.1, -0.05) is 58.8 Å². The highest BCUT2D eigenvalue weighted by Gasteiger charge is 2.24. The summed E-state index contributed by atoms with van der Waals surface area (Å²) < 4.78 is 0. The fraction of sp³-hybridized carbons (Fsp3) is 0.667. The Morgan fingerprint density at radius 1 is 0.750 bits per heavy atom. The summed E-state index contributed by atoms with van der Waals surface area (Å²) >= 11 is 0. The van der Waals surface area contributed by atoms with E-state index in [9.17, 15) is 0 Å². The molecule has 1 fully saturated rings. The molecule has 0 N–H and O–H groups in total. The molecule has 0 aliphatic heterocycles. The summed E-state index contributed by atoms with van der Waals surface area (Å²) in [7, 11) is 0. The molecule has 2 aromatic heterocycles. The van der Waals surface area contributed by atoms with Gasteiger partial charge in [0.1, 0.15) is 5.82 Å². The molecule has 28 heavy (non-hydrogen) atoms. The molecule has 4 heteroatoms. The molecule has 0 radical (unpaired) electrons. The van der Waals surface area contributed by atoms with Gasteiger partial charge >= 0.3 is 0 Å². The monoisotopic (exact) mass is 380 g/mol. The third kappa shape index (κ3) is 6.08. The SMILES string of the molecule is CCCCCCCC1CCC(c2ncc(-c3ncc(CCC)cn3)cn2)CC1. The summed E-state index contributed by atoms with van der Waals surface area (Å²) in [5.41, 5.74) is 2.10. The van der Waals surface area contributed by atoms with Gasteiger partial charge in [-0.05, 0) is 43.6 Å². The largest absolute Gasteiger partial charge is 0.240 e. The highest BCUT2D eigenvalue weighted by molar-refractivity contribution is 5.51. The Balaban J connectivity index is 1.46. The standard InChI is InChI=1S/C24H36N4/c1-3-5-6-7-8-10-19-11-13-21(14-12-19)23-27-17-22(18-28-23)24-25-15-20(9-4-2)16-26-24/h15-19,21H,3-14H2,1-2H3. The van der Waals surface area contributed by atoms with Crippen molar-refractivity contribution in [1.82, 2.24) is 19.9 Å². The van der Waals surface area contributed by atoms with Gasteiger partial charge in [-0.25, -0.2) is 19.9 Å². The highest BCUT2D eigenvalue weighted by Crippen LogP contribution is 2.36. The average molecular weight is 381 g/mol. The van der Waals surface area contributed by atoms with Gasteiger partial charge in [0.15, 0.2) is 5.82 Å².